The van der Waals surface area contributed by atoms with Crippen LogP contribution in [0.1, 0.15) is 71.1 Å². The number of amides is 1. The molecule has 4 N–H and O–H groups in total. The maximum atomic E-state index is 12.4. The van der Waals surface area contributed by atoms with Crippen molar-refractivity contribution >= 4 is 5.91 Å². The van der Waals surface area contributed by atoms with Crippen molar-refractivity contribution in [2.75, 3.05) is 19.7 Å². The molecule has 0 bridgehead atoms. The molecule has 4 atom stereocenters. The number of nitrogens with zero attached hydrogens (tertiary/aromatic N) is 1. The van der Waals surface area contributed by atoms with Crippen LogP contribution in [0.3, 0.4) is 0 Å². The first-order valence-corrected chi connectivity index (χ1v) is 10.6. The van der Waals surface area contributed by atoms with Gasteiger partial charge < -0.3 is 20.6 Å². The van der Waals surface area contributed by atoms with E-state index in [0.29, 0.717) is 19.0 Å². The van der Waals surface area contributed by atoms with Gasteiger partial charge in [-0.2, -0.15) is 0 Å². The van der Waals surface area contributed by atoms with Gasteiger partial charge in [0.25, 0.3) is 0 Å². The molecule has 0 spiro atoms. The van der Waals surface area contributed by atoms with Crippen LogP contribution in [0.4, 0.5) is 0 Å². The Balaban J connectivity index is 1.86. The normalized spacial score (nSPS) is 30.6. The Labute approximate surface area is 158 Å². The average Bonchev–Trinajstić information content (AvgIpc) is 2.88. The second-order valence-electron chi connectivity index (χ2n) is 8.11. The SMILES string of the molecule is CCCCCCN1[C@H](CC(=O)NCC2CCCCC2)[C@H](O)[C@H](O)[C@H]1CO. The molecule has 152 valence electrons. The summed E-state index contributed by atoms with van der Waals surface area (Å²) in [5, 5.41) is 33.3. The van der Waals surface area contributed by atoms with Gasteiger partial charge in [-0.3, -0.25) is 9.69 Å². The third kappa shape index (κ3) is 5.91. The number of unbranched alkanes of at least 4 members (excludes halogenated alkanes) is 3. The summed E-state index contributed by atoms with van der Waals surface area (Å²) < 4.78 is 0. The highest BCUT2D eigenvalue weighted by Crippen LogP contribution is 2.28. The predicted octanol–water partition coefficient (Wildman–Crippen LogP) is 1.42. The number of carbonyl (C=O) groups is 1. The highest BCUT2D eigenvalue weighted by molar-refractivity contribution is 5.76. The summed E-state index contributed by atoms with van der Waals surface area (Å²) in [7, 11) is 0. The van der Waals surface area contributed by atoms with Gasteiger partial charge in [-0.05, 0) is 31.7 Å². The van der Waals surface area contributed by atoms with E-state index in [1.165, 1.54) is 32.1 Å². The summed E-state index contributed by atoms with van der Waals surface area (Å²) in [6, 6.07) is -0.905. The molecule has 2 aliphatic rings. The van der Waals surface area contributed by atoms with Gasteiger partial charge in [-0.1, -0.05) is 45.4 Å². The zero-order valence-electron chi connectivity index (χ0n) is 16.3. The number of aliphatic hydroxyl groups excluding tert-OH is 3. The fourth-order valence-electron chi connectivity index (χ4n) is 4.51. The topological polar surface area (TPSA) is 93.0 Å². The zero-order chi connectivity index (χ0) is 18.9. The summed E-state index contributed by atoms with van der Waals surface area (Å²) >= 11 is 0. The molecule has 2 fully saturated rings. The third-order valence-electron chi connectivity index (χ3n) is 6.15. The van der Waals surface area contributed by atoms with Crippen molar-refractivity contribution in [2.24, 2.45) is 5.92 Å². The number of hydrogen-bond acceptors (Lipinski definition) is 5. The van der Waals surface area contributed by atoms with Crippen molar-refractivity contribution < 1.29 is 20.1 Å². The minimum Gasteiger partial charge on any atom is -0.395 e. The first-order valence-electron chi connectivity index (χ1n) is 10.6. The van der Waals surface area contributed by atoms with E-state index in [1.54, 1.807) is 0 Å². The van der Waals surface area contributed by atoms with Gasteiger partial charge in [0.2, 0.25) is 5.91 Å². The van der Waals surface area contributed by atoms with Crippen LogP contribution in [-0.2, 0) is 4.79 Å². The lowest BCUT2D eigenvalue weighted by molar-refractivity contribution is -0.123. The van der Waals surface area contributed by atoms with Crippen LogP contribution in [0.2, 0.25) is 0 Å². The Hall–Kier alpha value is -0.690. The van der Waals surface area contributed by atoms with Crippen molar-refractivity contribution in [1.29, 1.82) is 0 Å². The third-order valence-corrected chi connectivity index (χ3v) is 6.15. The lowest BCUT2D eigenvalue weighted by Crippen LogP contribution is -2.44. The molecule has 0 radical (unpaired) electrons. The Kier molecular flexibility index (Phi) is 9.33. The average molecular weight is 371 g/mol. The number of rotatable bonds is 10. The molecular formula is C20H38N2O4. The summed E-state index contributed by atoms with van der Waals surface area (Å²) in [6.07, 6.45) is 8.67. The van der Waals surface area contributed by atoms with Gasteiger partial charge in [-0.25, -0.2) is 0 Å². The van der Waals surface area contributed by atoms with Crippen LogP contribution >= 0.6 is 0 Å². The fourth-order valence-corrected chi connectivity index (χ4v) is 4.51. The van der Waals surface area contributed by atoms with Crippen LogP contribution in [-0.4, -0.2) is 70.1 Å². The molecule has 26 heavy (non-hydrogen) atoms. The molecule has 2 rings (SSSR count). The largest absolute Gasteiger partial charge is 0.395 e. The maximum Gasteiger partial charge on any atom is 0.221 e. The number of hydrogen-bond donors (Lipinski definition) is 4. The van der Waals surface area contributed by atoms with E-state index >= 15 is 0 Å². The summed E-state index contributed by atoms with van der Waals surface area (Å²) in [5.74, 6) is 0.506. The van der Waals surface area contributed by atoms with Crippen LogP contribution in [0.5, 0.6) is 0 Å². The van der Waals surface area contributed by atoms with Gasteiger partial charge in [0.15, 0.2) is 0 Å². The van der Waals surface area contributed by atoms with Gasteiger partial charge in [0, 0.05) is 19.0 Å². The highest BCUT2D eigenvalue weighted by Gasteiger charge is 2.47. The van der Waals surface area contributed by atoms with E-state index in [-0.39, 0.29) is 18.9 Å². The summed E-state index contributed by atoms with van der Waals surface area (Å²) in [5.41, 5.74) is 0. The molecule has 1 aliphatic heterocycles. The molecule has 6 nitrogen and oxygen atoms in total. The van der Waals surface area contributed by atoms with Crippen molar-refractivity contribution in [3.8, 4) is 0 Å². The molecule has 1 aliphatic carbocycles. The molecule has 1 saturated heterocycles. The van der Waals surface area contributed by atoms with Gasteiger partial charge >= 0.3 is 0 Å². The Morgan fingerprint density at radius 1 is 1.04 bits per heavy atom. The summed E-state index contributed by atoms with van der Waals surface area (Å²) in [4.78, 5) is 14.4. The minimum absolute atomic E-state index is 0.0658. The van der Waals surface area contributed by atoms with E-state index in [1.807, 2.05) is 4.90 Å². The quantitative estimate of drug-likeness (QED) is 0.437. The van der Waals surface area contributed by atoms with Crippen LogP contribution < -0.4 is 5.32 Å². The van der Waals surface area contributed by atoms with Crippen molar-refractivity contribution in [3.63, 3.8) is 0 Å². The number of nitrogens with one attached hydrogen (secondary N) is 1. The van der Waals surface area contributed by atoms with E-state index in [2.05, 4.69) is 12.2 Å². The second-order valence-corrected chi connectivity index (χ2v) is 8.11. The lowest BCUT2D eigenvalue weighted by atomic mass is 9.89. The highest BCUT2D eigenvalue weighted by atomic mass is 16.3. The smallest absolute Gasteiger partial charge is 0.221 e. The number of likely N-dealkylation sites (tertiary alicyclic amines) is 1. The van der Waals surface area contributed by atoms with Crippen molar-refractivity contribution in [3.05, 3.63) is 0 Å². The van der Waals surface area contributed by atoms with Crippen LogP contribution in [0.25, 0.3) is 0 Å². The molecule has 0 unspecified atom stereocenters. The molecule has 6 heteroatoms. The zero-order valence-corrected chi connectivity index (χ0v) is 16.3. The molecule has 0 aromatic heterocycles. The molecule has 1 amide bonds. The van der Waals surface area contributed by atoms with Gasteiger partial charge in [0.05, 0.1) is 24.9 Å². The van der Waals surface area contributed by atoms with Crippen LogP contribution in [0.15, 0.2) is 0 Å². The predicted molar refractivity (Wildman–Crippen MR) is 102 cm³/mol. The molecular weight excluding hydrogens is 332 g/mol. The van der Waals surface area contributed by atoms with E-state index in [0.717, 1.165) is 25.7 Å². The molecule has 1 saturated carbocycles. The van der Waals surface area contributed by atoms with E-state index in [4.69, 9.17) is 0 Å². The first-order chi connectivity index (χ1) is 12.6. The van der Waals surface area contributed by atoms with E-state index in [9.17, 15) is 20.1 Å². The van der Waals surface area contributed by atoms with Crippen molar-refractivity contribution in [1.82, 2.24) is 10.2 Å². The van der Waals surface area contributed by atoms with Crippen LogP contribution in [0, 0.1) is 5.92 Å². The number of aliphatic hydroxyl groups is 3. The second kappa shape index (κ2) is 11.2. The van der Waals surface area contributed by atoms with Crippen molar-refractivity contribution in [2.45, 2.75) is 95.4 Å². The Morgan fingerprint density at radius 3 is 2.38 bits per heavy atom. The van der Waals surface area contributed by atoms with Gasteiger partial charge in [0.1, 0.15) is 0 Å². The standard InChI is InChI=1S/C20H38N2O4/c1-2-3-4-8-11-22-16(19(25)20(26)17(22)14-23)12-18(24)21-13-15-9-6-5-7-10-15/h15-17,19-20,23,25-26H,2-14H2,1H3,(H,21,24)/t16-,17-,19+,20-/m1/s1. The van der Waals surface area contributed by atoms with E-state index < -0.39 is 24.3 Å². The fraction of sp³-hybridized carbons (Fsp3) is 0.950. The molecule has 1 heterocycles. The Bertz CT molecular complexity index is 415. The monoisotopic (exact) mass is 370 g/mol. The van der Waals surface area contributed by atoms with Gasteiger partial charge in [-0.15, -0.1) is 0 Å². The summed E-state index contributed by atoms with van der Waals surface area (Å²) in [6.45, 7) is 3.36. The lowest BCUT2D eigenvalue weighted by Gasteiger charge is -2.29. The minimum atomic E-state index is -0.998. The maximum absolute atomic E-state index is 12.4. The Morgan fingerprint density at radius 2 is 1.73 bits per heavy atom. The first kappa shape index (κ1) is 21.6. The molecule has 0 aromatic carbocycles. The molecule has 0 aromatic rings. The number of carbonyl (C=O) groups excluding carboxylic acids is 1.